The van der Waals surface area contributed by atoms with Crippen molar-refractivity contribution >= 4 is 29.0 Å². The summed E-state index contributed by atoms with van der Waals surface area (Å²) in [4.78, 5) is 36.2. The van der Waals surface area contributed by atoms with Crippen molar-refractivity contribution in [2.75, 3.05) is 35.2 Å². The van der Waals surface area contributed by atoms with Gasteiger partial charge in [0.05, 0.1) is 11.4 Å². The zero-order valence-corrected chi connectivity index (χ0v) is 15.7. The number of carbonyl (C=O) groups is 2. The third kappa shape index (κ3) is 2.59. The van der Waals surface area contributed by atoms with Crippen molar-refractivity contribution < 1.29 is 9.59 Å². The van der Waals surface area contributed by atoms with Crippen LogP contribution in [0.2, 0.25) is 0 Å². The zero-order chi connectivity index (χ0) is 19.3. The molecule has 0 unspecified atom stereocenters. The zero-order valence-electron chi connectivity index (χ0n) is 15.7. The van der Waals surface area contributed by atoms with Crippen molar-refractivity contribution in [1.29, 1.82) is 0 Å². The summed E-state index contributed by atoms with van der Waals surface area (Å²) in [6.07, 6.45) is 2.05. The van der Waals surface area contributed by atoms with Gasteiger partial charge in [0.1, 0.15) is 22.9 Å². The monoisotopic (exact) mass is 378 g/mol. The number of nitrogens with zero attached hydrogens (tertiary/aromatic N) is 3. The second kappa shape index (κ2) is 6.19. The second-order valence-electron chi connectivity index (χ2n) is 7.62. The molecular formula is C20H22N6O2. The molecule has 3 N–H and O–H groups in total. The summed E-state index contributed by atoms with van der Waals surface area (Å²) in [6.45, 7) is 3.79. The van der Waals surface area contributed by atoms with Crippen LogP contribution in [0.5, 0.6) is 0 Å². The molecular weight excluding hydrogens is 356 g/mol. The molecule has 28 heavy (non-hydrogen) atoms. The van der Waals surface area contributed by atoms with Crippen LogP contribution in [-0.4, -0.2) is 47.0 Å². The van der Waals surface area contributed by atoms with Crippen molar-refractivity contribution in [2.45, 2.75) is 31.7 Å². The number of hydrogen-bond donors (Lipinski definition) is 3. The molecule has 8 heteroatoms. The first kappa shape index (κ1) is 17.0. The van der Waals surface area contributed by atoms with Crippen molar-refractivity contribution in [3.05, 3.63) is 41.3 Å². The van der Waals surface area contributed by atoms with E-state index in [9.17, 15) is 9.59 Å². The number of fused-ring (bicyclic) bond motifs is 2. The van der Waals surface area contributed by atoms with E-state index in [0.29, 0.717) is 44.0 Å². The Balaban J connectivity index is 1.42. The van der Waals surface area contributed by atoms with E-state index in [4.69, 9.17) is 0 Å². The van der Waals surface area contributed by atoms with E-state index < -0.39 is 5.54 Å². The van der Waals surface area contributed by atoms with E-state index in [1.165, 1.54) is 0 Å². The first-order valence-electron chi connectivity index (χ1n) is 9.65. The van der Waals surface area contributed by atoms with E-state index >= 15 is 0 Å². The van der Waals surface area contributed by atoms with Crippen LogP contribution in [0.1, 0.15) is 34.7 Å². The number of amides is 2. The molecule has 3 aliphatic heterocycles. The number of para-hydroxylation sites is 2. The third-order valence-electron chi connectivity index (χ3n) is 5.87. The van der Waals surface area contributed by atoms with Crippen LogP contribution in [0.25, 0.3) is 0 Å². The fourth-order valence-corrected chi connectivity index (χ4v) is 4.36. The van der Waals surface area contributed by atoms with E-state index in [1.807, 2.05) is 31.2 Å². The predicted octanol–water partition coefficient (Wildman–Crippen LogP) is 1.47. The van der Waals surface area contributed by atoms with E-state index in [1.54, 1.807) is 0 Å². The van der Waals surface area contributed by atoms with Gasteiger partial charge < -0.3 is 20.9 Å². The summed E-state index contributed by atoms with van der Waals surface area (Å²) in [5.41, 5.74) is 2.58. The lowest BCUT2D eigenvalue weighted by atomic mass is 9.84. The van der Waals surface area contributed by atoms with Crippen LogP contribution in [0.3, 0.4) is 0 Å². The van der Waals surface area contributed by atoms with Gasteiger partial charge in [-0.3, -0.25) is 9.59 Å². The van der Waals surface area contributed by atoms with Crippen LogP contribution in [-0.2, 0) is 11.2 Å². The number of aromatic nitrogens is 2. The smallest absolute Gasteiger partial charge is 0.270 e. The molecule has 1 aromatic carbocycles. The summed E-state index contributed by atoms with van der Waals surface area (Å²) in [6, 6.07) is 7.78. The average Bonchev–Trinajstić information content (AvgIpc) is 2.70. The lowest BCUT2D eigenvalue weighted by Crippen LogP contribution is -2.58. The standard InChI is InChI=1S/C20H22N6O2/c1-12-22-16-13(6-9-21-18(16)27)17(23-12)26-10-7-20(8-11-26)19(28)24-14-4-2-3-5-15(14)25-20/h2-5,25H,6-11H2,1H3,(H,21,27)(H,24,28). The Bertz CT molecular complexity index is 981. The van der Waals surface area contributed by atoms with Gasteiger partial charge in [-0.1, -0.05) is 12.1 Å². The first-order valence-corrected chi connectivity index (χ1v) is 9.65. The van der Waals surface area contributed by atoms with Gasteiger partial charge in [-0.25, -0.2) is 9.97 Å². The SMILES string of the molecule is Cc1nc2c(c(N3CCC4(CC3)Nc3ccccc3NC4=O)n1)CCNC2=O. The molecule has 8 nitrogen and oxygen atoms in total. The van der Waals surface area contributed by atoms with Crippen molar-refractivity contribution in [2.24, 2.45) is 0 Å². The van der Waals surface area contributed by atoms with Gasteiger partial charge >= 0.3 is 0 Å². The lowest BCUT2D eigenvalue weighted by molar-refractivity contribution is -0.121. The number of carbonyl (C=O) groups excluding carboxylic acids is 2. The molecule has 2 amide bonds. The lowest BCUT2D eigenvalue weighted by Gasteiger charge is -2.45. The molecule has 0 aliphatic carbocycles. The number of piperidine rings is 1. The largest absolute Gasteiger partial charge is 0.369 e. The van der Waals surface area contributed by atoms with Crippen molar-refractivity contribution in [1.82, 2.24) is 15.3 Å². The van der Waals surface area contributed by atoms with E-state index in [-0.39, 0.29) is 11.8 Å². The maximum Gasteiger partial charge on any atom is 0.270 e. The molecule has 144 valence electrons. The van der Waals surface area contributed by atoms with Gasteiger partial charge in [-0.15, -0.1) is 0 Å². The Morgan fingerprint density at radius 2 is 1.82 bits per heavy atom. The van der Waals surface area contributed by atoms with Crippen molar-refractivity contribution in [3.63, 3.8) is 0 Å². The molecule has 2 aromatic rings. The fourth-order valence-electron chi connectivity index (χ4n) is 4.36. The summed E-state index contributed by atoms with van der Waals surface area (Å²) >= 11 is 0. The van der Waals surface area contributed by atoms with Crippen LogP contribution < -0.4 is 20.9 Å². The molecule has 1 saturated heterocycles. The summed E-state index contributed by atoms with van der Waals surface area (Å²) in [7, 11) is 0. The van der Waals surface area contributed by atoms with E-state index in [2.05, 4.69) is 30.8 Å². The van der Waals surface area contributed by atoms with Crippen LogP contribution in [0.4, 0.5) is 17.2 Å². The number of rotatable bonds is 1. The minimum atomic E-state index is -0.607. The third-order valence-corrected chi connectivity index (χ3v) is 5.87. The van der Waals surface area contributed by atoms with Gasteiger partial charge in [0, 0.05) is 25.2 Å². The Labute approximate surface area is 162 Å². The molecule has 1 spiro atoms. The first-order chi connectivity index (χ1) is 13.6. The van der Waals surface area contributed by atoms with E-state index in [0.717, 1.165) is 29.2 Å². The molecule has 0 radical (unpaired) electrons. The molecule has 5 rings (SSSR count). The molecule has 0 atom stereocenters. The van der Waals surface area contributed by atoms with Crippen LogP contribution in [0.15, 0.2) is 24.3 Å². The second-order valence-corrected chi connectivity index (χ2v) is 7.62. The number of benzene rings is 1. The minimum absolute atomic E-state index is 0.0196. The minimum Gasteiger partial charge on any atom is -0.369 e. The molecule has 0 saturated carbocycles. The number of aryl methyl sites for hydroxylation is 1. The highest BCUT2D eigenvalue weighted by Crippen LogP contribution is 2.37. The highest BCUT2D eigenvalue weighted by molar-refractivity contribution is 6.06. The topological polar surface area (TPSA) is 99.2 Å². The maximum atomic E-state index is 12.8. The summed E-state index contributed by atoms with van der Waals surface area (Å²) < 4.78 is 0. The molecule has 1 aromatic heterocycles. The van der Waals surface area contributed by atoms with Crippen LogP contribution in [0, 0.1) is 6.92 Å². The predicted molar refractivity (Wildman–Crippen MR) is 106 cm³/mol. The maximum absolute atomic E-state index is 12.8. The van der Waals surface area contributed by atoms with Gasteiger partial charge in [-0.2, -0.15) is 0 Å². The highest BCUT2D eigenvalue weighted by atomic mass is 16.2. The molecule has 4 heterocycles. The van der Waals surface area contributed by atoms with Gasteiger partial charge in [0.25, 0.3) is 5.91 Å². The van der Waals surface area contributed by atoms with Gasteiger partial charge in [0.2, 0.25) is 5.91 Å². The van der Waals surface area contributed by atoms with Crippen molar-refractivity contribution in [3.8, 4) is 0 Å². The number of hydrogen-bond acceptors (Lipinski definition) is 6. The average molecular weight is 378 g/mol. The normalized spacial score (nSPS) is 20.0. The van der Waals surface area contributed by atoms with Gasteiger partial charge in [-0.05, 0) is 38.3 Å². The van der Waals surface area contributed by atoms with Gasteiger partial charge in [0.15, 0.2) is 0 Å². The Kier molecular flexibility index (Phi) is 3.75. The summed E-state index contributed by atoms with van der Waals surface area (Å²) in [5, 5.41) is 9.37. The fraction of sp³-hybridized carbons (Fsp3) is 0.400. The number of anilines is 3. The Hall–Kier alpha value is -3.16. The number of nitrogens with one attached hydrogen (secondary N) is 3. The molecule has 0 bridgehead atoms. The Morgan fingerprint density at radius 3 is 2.61 bits per heavy atom. The molecule has 1 fully saturated rings. The summed E-state index contributed by atoms with van der Waals surface area (Å²) in [5.74, 6) is 1.31. The quantitative estimate of drug-likeness (QED) is 0.695. The van der Waals surface area contributed by atoms with Crippen LogP contribution >= 0.6 is 0 Å². The highest BCUT2D eigenvalue weighted by Gasteiger charge is 2.45. The molecule has 3 aliphatic rings. The Morgan fingerprint density at radius 1 is 1.07 bits per heavy atom.